The van der Waals surface area contributed by atoms with E-state index in [4.69, 9.17) is 15.9 Å². The molecule has 4 heteroatoms. The third-order valence-corrected chi connectivity index (χ3v) is 0. The van der Waals surface area contributed by atoms with Gasteiger partial charge in [0, 0.05) is 33.9 Å². The minimum absolute atomic E-state index is 0. The number of rotatable bonds is 0. The van der Waals surface area contributed by atoms with Gasteiger partial charge in [-0.05, 0) is 27.7 Å². The largest absolute Gasteiger partial charge is 0.673 e. The zero-order valence-corrected chi connectivity index (χ0v) is 12.1. The van der Waals surface area contributed by atoms with E-state index in [1.54, 1.807) is 27.7 Å². The van der Waals surface area contributed by atoms with Crippen LogP contribution in [0.5, 0.6) is 0 Å². The SMILES string of the molecule is CC(C)(C)[NH-].CC(C)O.CC(C)O.[Ti]. The molecule has 3 nitrogen and oxygen atoms in total. The molecule has 0 fully saturated rings. The number of hydrogen-bond acceptors (Lipinski definition) is 2. The second kappa shape index (κ2) is 13.6. The van der Waals surface area contributed by atoms with Gasteiger partial charge >= 0.3 is 0 Å². The molecular formula is C10H26NO2Ti-. The summed E-state index contributed by atoms with van der Waals surface area (Å²) in [4.78, 5) is 0. The first kappa shape index (κ1) is 24.0. The van der Waals surface area contributed by atoms with Gasteiger partial charge in [-0.25, -0.2) is 0 Å². The average Bonchev–Trinajstić information content (AvgIpc) is 1.50. The van der Waals surface area contributed by atoms with Crippen molar-refractivity contribution in [2.75, 3.05) is 0 Å². The number of nitrogens with one attached hydrogen (secondary N) is 1. The van der Waals surface area contributed by atoms with E-state index in [9.17, 15) is 0 Å². The van der Waals surface area contributed by atoms with Crippen molar-refractivity contribution in [2.45, 2.75) is 66.2 Å². The molecule has 0 aliphatic heterocycles. The zero-order chi connectivity index (χ0) is 11.7. The molecule has 0 atom stereocenters. The van der Waals surface area contributed by atoms with Gasteiger partial charge in [0.15, 0.2) is 0 Å². The maximum atomic E-state index is 8.06. The van der Waals surface area contributed by atoms with Crippen molar-refractivity contribution in [1.29, 1.82) is 0 Å². The normalized spacial score (nSPS) is 9.43. The van der Waals surface area contributed by atoms with Gasteiger partial charge in [0.25, 0.3) is 0 Å². The van der Waals surface area contributed by atoms with Gasteiger partial charge in [0.2, 0.25) is 0 Å². The maximum Gasteiger partial charge on any atom is 0.0483 e. The van der Waals surface area contributed by atoms with Crippen LogP contribution in [0.15, 0.2) is 0 Å². The Labute approximate surface area is 104 Å². The molecule has 0 bridgehead atoms. The van der Waals surface area contributed by atoms with Gasteiger partial charge in [-0.2, -0.15) is 0 Å². The first-order chi connectivity index (χ1) is 5.46. The Morgan fingerprint density at radius 2 is 0.857 bits per heavy atom. The van der Waals surface area contributed by atoms with Crippen LogP contribution in [0.3, 0.4) is 0 Å². The summed E-state index contributed by atoms with van der Waals surface area (Å²) in [5.74, 6) is 0. The molecule has 0 spiro atoms. The minimum Gasteiger partial charge on any atom is -0.673 e. The molecule has 0 rings (SSSR count). The van der Waals surface area contributed by atoms with Crippen molar-refractivity contribution >= 4 is 0 Å². The standard InChI is InChI=1S/C4H10N.2C3H8O.Ti/c1-4(2,3)5;2*1-3(2)4;/h5H,1-3H3;2*3-4H,1-2H3;/q-1;;;. The van der Waals surface area contributed by atoms with Crippen LogP contribution in [-0.4, -0.2) is 28.0 Å². The summed E-state index contributed by atoms with van der Waals surface area (Å²) < 4.78 is 0. The van der Waals surface area contributed by atoms with E-state index < -0.39 is 0 Å². The van der Waals surface area contributed by atoms with E-state index in [0.717, 1.165) is 0 Å². The molecule has 14 heavy (non-hydrogen) atoms. The van der Waals surface area contributed by atoms with Crippen LogP contribution in [0.2, 0.25) is 0 Å². The fourth-order valence-electron chi connectivity index (χ4n) is 0. The van der Waals surface area contributed by atoms with Gasteiger partial charge in [-0.3, -0.25) is 0 Å². The van der Waals surface area contributed by atoms with E-state index in [0.29, 0.717) is 0 Å². The summed E-state index contributed by atoms with van der Waals surface area (Å²) in [6.07, 6.45) is -0.333. The van der Waals surface area contributed by atoms with Gasteiger partial charge in [0.1, 0.15) is 0 Å². The summed E-state index contributed by atoms with van der Waals surface area (Å²) >= 11 is 0. The molecule has 0 aromatic carbocycles. The predicted molar refractivity (Wildman–Crippen MR) is 58.8 cm³/mol. The summed E-state index contributed by atoms with van der Waals surface area (Å²) in [5.41, 5.74) is 6.69. The molecule has 0 aliphatic carbocycles. The molecule has 88 valence electrons. The number of hydrogen-bond donors (Lipinski definition) is 2. The molecule has 0 heterocycles. The Morgan fingerprint density at radius 1 is 0.857 bits per heavy atom. The van der Waals surface area contributed by atoms with Crippen LogP contribution >= 0.6 is 0 Å². The van der Waals surface area contributed by atoms with E-state index in [2.05, 4.69) is 0 Å². The van der Waals surface area contributed by atoms with Crippen molar-refractivity contribution in [3.63, 3.8) is 0 Å². The summed E-state index contributed by atoms with van der Waals surface area (Å²) in [5, 5.41) is 16.1. The fourth-order valence-corrected chi connectivity index (χ4v) is 0. The van der Waals surface area contributed by atoms with Crippen molar-refractivity contribution in [3.8, 4) is 0 Å². The van der Waals surface area contributed by atoms with E-state index in [1.807, 2.05) is 20.8 Å². The molecule has 0 aromatic rings. The van der Waals surface area contributed by atoms with Crippen molar-refractivity contribution in [1.82, 2.24) is 0 Å². The zero-order valence-electron chi connectivity index (χ0n) is 10.5. The maximum absolute atomic E-state index is 8.06. The fraction of sp³-hybridized carbons (Fsp3) is 1.00. The Kier molecular flexibility index (Phi) is 23.3. The van der Waals surface area contributed by atoms with E-state index in [1.165, 1.54) is 0 Å². The molecule has 0 aromatic heterocycles. The van der Waals surface area contributed by atoms with Gasteiger partial charge in [0.05, 0.1) is 0 Å². The minimum atomic E-state index is -0.250. The predicted octanol–water partition coefficient (Wildman–Crippen LogP) is 2.61. The van der Waals surface area contributed by atoms with Crippen molar-refractivity contribution < 1.29 is 31.9 Å². The van der Waals surface area contributed by atoms with Crippen LogP contribution in [0.1, 0.15) is 48.5 Å². The molecular weight excluding hydrogens is 214 g/mol. The molecule has 0 radical (unpaired) electrons. The molecule has 0 amide bonds. The van der Waals surface area contributed by atoms with Gasteiger partial charge < -0.3 is 15.9 Å². The van der Waals surface area contributed by atoms with Gasteiger partial charge in [-0.1, -0.05) is 20.8 Å². The molecule has 0 saturated heterocycles. The third kappa shape index (κ3) is 4790. The van der Waals surface area contributed by atoms with Crippen molar-refractivity contribution in [2.24, 2.45) is 0 Å². The number of aliphatic hydroxyl groups is 2. The Bertz CT molecular complexity index is 73.1. The van der Waals surface area contributed by atoms with Crippen molar-refractivity contribution in [3.05, 3.63) is 5.73 Å². The van der Waals surface area contributed by atoms with Crippen LogP contribution in [-0.2, 0) is 21.7 Å². The Balaban J connectivity index is -0.0000000522. The van der Waals surface area contributed by atoms with E-state index >= 15 is 0 Å². The molecule has 0 saturated carbocycles. The first-order valence-corrected chi connectivity index (χ1v) is 4.58. The van der Waals surface area contributed by atoms with Crippen LogP contribution in [0.25, 0.3) is 5.73 Å². The molecule has 3 N–H and O–H groups in total. The third-order valence-electron chi connectivity index (χ3n) is 0. The van der Waals surface area contributed by atoms with Gasteiger partial charge in [-0.15, -0.1) is 5.54 Å². The monoisotopic (exact) mass is 240 g/mol. The second-order valence-electron chi connectivity index (χ2n) is 4.44. The molecule has 0 aliphatic rings. The smallest absolute Gasteiger partial charge is 0.0483 e. The summed E-state index contributed by atoms with van der Waals surface area (Å²) in [7, 11) is 0. The Hall–Kier alpha value is 0.594. The van der Waals surface area contributed by atoms with E-state index in [-0.39, 0.29) is 39.5 Å². The first-order valence-electron chi connectivity index (χ1n) is 4.58. The average molecular weight is 240 g/mol. The summed E-state index contributed by atoms with van der Waals surface area (Å²) in [6.45, 7) is 12.5. The second-order valence-corrected chi connectivity index (χ2v) is 4.44. The summed E-state index contributed by atoms with van der Waals surface area (Å²) in [6, 6.07) is 0. The Morgan fingerprint density at radius 3 is 0.857 bits per heavy atom. The number of aliphatic hydroxyl groups excluding tert-OH is 2. The topological polar surface area (TPSA) is 64.3 Å². The molecule has 0 unspecified atom stereocenters. The van der Waals surface area contributed by atoms with Crippen LogP contribution < -0.4 is 0 Å². The van der Waals surface area contributed by atoms with Crippen LogP contribution in [0.4, 0.5) is 0 Å². The van der Waals surface area contributed by atoms with Crippen LogP contribution in [0, 0.1) is 0 Å². The quantitative estimate of drug-likeness (QED) is 0.639.